The molecule has 3 N–H and O–H groups in total. The number of carbonyl (C=O) groups is 1. The second kappa shape index (κ2) is 8.39. The number of nitrogens with two attached hydrogens (primary N) is 1. The van der Waals surface area contributed by atoms with Crippen LogP contribution in [0.1, 0.15) is 32.7 Å². The van der Waals surface area contributed by atoms with Gasteiger partial charge in [0, 0.05) is 31.0 Å². The zero-order valence-corrected chi connectivity index (χ0v) is 17.8. The van der Waals surface area contributed by atoms with E-state index in [4.69, 9.17) is 22.1 Å². The van der Waals surface area contributed by atoms with Gasteiger partial charge in [0.25, 0.3) is 0 Å². The number of rotatable bonds is 4. The SMILES string of the molecule is CC(C)OC(=O)N1CCC(n2ccc3c(Nc4ccc(N)cc4Cl)ncnc32)CC1. The summed E-state index contributed by atoms with van der Waals surface area (Å²) in [4.78, 5) is 22.8. The molecule has 9 heteroatoms. The molecule has 3 aromatic rings. The topological polar surface area (TPSA) is 98.3 Å². The summed E-state index contributed by atoms with van der Waals surface area (Å²) in [7, 11) is 0. The van der Waals surface area contributed by atoms with Crippen LogP contribution in [0.4, 0.5) is 22.0 Å². The lowest BCUT2D eigenvalue weighted by Gasteiger charge is -2.32. The Hall–Kier alpha value is -3.00. The van der Waals surface area contributed by atoms with Crippen molar-refractivity contribution >= 4 is 45.9 Å². The van der Waals surface area contributed by atoms with Crippen molar-refractivity contribution < 1.29 is 9.53 Å². The molecule has 0 bridgehead atoms. The minimum atomic E-state index is -0.241. The van der Waals surface area contributed by atoms with E-state index in [0.29, 0.717) is 29.6 Å². The van der Waals surface area contributed by atoms with Gasteiger partial charge in [0.1, 0.15) is 17.8 Å². The lowest BCUT2D eigenvalue weighted by molar-refractivity contribution is 0.0663. The Bertz CT molecular complexity index is 1060. The molecule has 30 heavy (non-hydrogen) atoms. The molecule has 0 radical (unpaired) electrons. The number of benzene rings is 1. The maximum absolute atomic E-state index is 12.1. The maximum atomic E-state index is 12.1. The number of fused-ring (bicyclic) bond motifs is 1. The molecule has 0 aliphatic carbocycles. The van der Waals surface area contributed by atoms with Gasteiger partial charge in [-0.3, -0.25) is 0 Å². The minimum absolute atomic E-state index is 0.110. The highest BCUT2D eigenvalue weighted by Crippen LogP contribution is 2.32. The van der Waals surface area contributed by atoms with Gasteiger partial charge < -0.3 is 25.3 Å². The smallest absolute Gasteiger partial charge is 0.410 e. The largest absolute Gasteiger partial charge is 0.447 e. The molecule has 1 fully saturated rings. The van der Waals surface area contributed by atoms with Crippen molar-refractivity contribution in [3.05, 3.63) is 41.8 Å². The lowest BCUT2D eigenvalue weighted by Crippen LogP contribution is -2.40. The number of nitrogens with one attached hydrogen (secondary N) is 1. The quantitative estimate of drug-likeness (QED) is 0.589. The van der Waals surface area contributed by atoms with Crippen LogP contribution in [-0.4, -0.2) is 44.7 Å². The molecule has 2 aromatic heterocycles. The average molecular weight is 429 g/mol. The third kappa shape index (κ3) is 4.14. The van der Waals surface area contributed by atoms with Crippen LogP contribution in [0.25, 0.3) is 11.0 Å². The number of likely N-dealkylation sites (tertiary alicyclic amines) is 1. The van der Waals surface area contributed by atoms with Crippen LogP contribution in [0.2, 0.25) is 5.02 Å². The Morgan fingerprint density at radius 3 is 2.73 bits per heavy atom. The fourth-order valence-corrected chi connectivity index (χ4v) is 3.96. The van der Waals surface area contributed by atoms with E-state index in [1.807, 2.05) is 32.2 Å². The fourth-order valence-electron chi connectivity index (χ4n) is 3.73. The third-order valence-corrected chi connectivity index (χ3v) is 5.52. The molecule has 4 rings (SSSR count). The van der Waals surface area contributed by atoms with E-state index in [9.17, 15) is 4.79 Å². The summed E-state index contributed by atoms with van der Waals surface area (Å²) in [6.45, 7) is 5.04. The van der Waals surface area contributed by atoms with E-state index in [2.05, 4.69) is 19.9 Å². The first-order valence-electron chi connectivity index (χ1n) is 10.0. The standard InChI is InChI=1S/C21H25ClN6O2/c1-13(2)30-21(29)27-8-5-15(6-9-27)28-10-7-16-19(24-12-25-20(16)28)26-18-4-3-14(23)11-17(18)22/h3-4,7,10-13,15H,5-6,8-9,23H2,1-2H3,(H,24,25,26). The van der Waals surface area contributed by atoms with Crippen LogP contribution < -0.4 is 11.1 Å². The second-order valence-corrected chi connectivity index (χ2v) is 8.10. The van der Waals surface area contributed by atoms with E-state index in [1.54, 1.807) is 23.4 Å². The zero-order chi connectivity index (χ0) is 21.3. The van der Waals surface area contributed by atoms with Crippen molar-refractivity contribution in [2.75, 3.05) is 24.1 Å². The highest BCUT2D eigenvalue weighted by atomic mass is 35.5. The number of ether oxygens (including phenoxy) is 1. The molecule has 0 saturated carbocycles. The fraction of sp³-hybridized carbons (Fsp3) is 0.381. The average Bonchev–Trinajstić information content (AvgIpc) is 3.15. The predicted octanol–water partition coefficient (Wildman–Crippen LogP) is 4.59. The van der Waals surface area contributed by atoms with Crippen molar-refractivity contribution in [3.8, 4) is 0 Å². The van der Waals surface area contributed by atoms with Gasteiger partial charge in [-0.05, 0) is 51.0 Å². The second-order valence-electron chi connectivity index (χ2n) is 7.70. The van der Waals surface area contributed by atoms with Crippen LogP contribution >= 0.6 is 11.6 Å². The number of hydrogen-bond acceptors (Lipinski definition) is 6. The predicted molar refractivity (Wildman–Crippen MR) is 118 cm³/mol. The number of nitrogen functional groups attached to an aromatic ring is 1. The monoisotopic (exact) mass is 428 g/mol. The first kappa shape index (κ1) is 20.3. The Morgan fingerprint density at radius 2 is 2.03 bits per heavy atom. The van der Waals surface area contributed by atoms with Gasteiger partial charge in [-0.2, -0.15) is 0 Å². The first-order chi connectivity index (χ1) is 14.4. The van der Waals surface area contributed by atoms with E-state index >= 15 is 0 Å². The number of halogens is 1. The van der Waals surface area contributed by atoms with E-state index in [1.165, 1.54) is 0 Å². The van der Waals surface area contributed by atoms with Gasteiger partial charge in [-0.1, -0.05) is 11.6 Å². The highest BCUT2D eigenvalue weighted by Gasteiger charge is 2.26. The van der Waals surface area contributed by atoms with Gasteiger partial charge in [0.2, 0.25) is 0 Å². The summed E-state index contributed by atoms with van der Waals surface area (Å²) in [5.74, 6) is 0.684. The van der Waals surface area contributed by atoms with E-state index in [-0.39, 0.29) is 18.2 Å². The number of hydrogen-bond donors (Lipinski definition) is 2. The lowest BCUT2D eigenvalue weighted by atomic mass is 10.1. The molecule has 3 heterocycles. The Labute approximate surface area is 180 Å². The van der Waals surface area contributed by atoms with Gasteiger partial charge in [-0.25, -0.2) is 14.8 Å². The molecular formula is C21H25ClN6O2. The Kier molecular flexibility index (Phi) is 5.67. The molecule has 0 atom stereocenters. The molecule has 1 aliphatic rings. The van der Waals surface area contributed by atoms with Crippen LogP contribution in [0.15, 0.2) is 36.8 Å². The molecule has 158 valence electrons. The van der Waals surface area contributed by atoms with Gasteiger partial charge >= 0.3 is 6.09 Å². The summed E-state index contributed by atoms with van der Waals surface area (Å²) in [5.41, 5.74) is 7.96. The number of anilines is 3. The highest BCUT2D eigenvalue weighted by molar-refractivity contribution is 6.33. The van der Waals surface area contributed by atoms with Crippen LogP contribution in [-0.2, 0) is 4.74 Å². The van der Waals surface area contributed by atoms with Crippen molar-refractivity contribution in [1.82, 2.24) is 19.4 Å². The van der Waals surface area contributed by atoms with Crippen molar-refractivity contribution in [2.45, 2.75) is 38.8 Å². The number of amides is 1. The summed E-state index contributed by atoms with van der Waals surface area (Å²) in [5, 5.41) is 4.72. The number of aromatic nitrogens is 3. The van der Waals surface area contributed by atoms with Crippen LogP contribution in [0, 0.1) is 0 Å². The number of piperidine rings is 1. The number of nitrogens with zero attached hydrogens (tertiary/aromatic N) is 4. The number of carbonyl (C=O) groups excluding carboxylic acids is 1. The molecular weight excluding hydrogens is 404 g/mol. The molecule has 8 nitrogen and oxygen atoms in total. The summed E-state index contributed by atoms with van der Waals surface area (Å²) in [6.07, 6.45) is 4.90. The normalized spacial score (nSPS) is 15.0. The summed E-state index contributed by atoms with van der Waals surface area (Å²) < 4.78 is 7.47. The molecule has 1 aromatic carbocycles. The zero-order valence-electron chi connectivity index (χ0n) is 17.0. The Balaban J connectivity index is 1.52. The van der Waals surface area contributed by atoms with Gasteiger partial charge in [-0.15, -0.1) is 0 Å². The third-order valence-electron chi connectivity index (χ3n) is 5.21. The molecule has 0 spiro atoms. The summed E-state index contributed by atoms with van der Waals surface area (Å²) in [6, 6.07) is 7.58. The van der Waals surface area contributed by atoms with Crippen molar-refractivity contribution in [1.29, 1.82) is 0 Å². The molecule has 1 amide bonds. The Morgan fingerprint density at radius 1 is 1.27 bits per heavy atom. The van der Waals surface area contributed by atoms with Crippen molar-refractivity contribution in [2.24, 2.45) is 0 Å². The summed E-state index contributed by atoms with van der Waals surface area (Å²) >= 11 is 6.29. The first-order valence-corrected chi connectivity index (χ1v) is 10.4. The van der Waals surface area contributed by atoms with Gasteiger partial charge in [0.05, 0.1) is 22.2 Å². The molecule has 1 aliphatic heterocycles. The van der Waals surface area contributed by atoms with E-state index in [0.717, 1.165) is 29.6 Å². The minimum Gasteiger partial charge on any atom is -0.447 e. The molecule has 1 saturated heterocycles. The van der Waals surface area contributed by atoms with Crippen molar-refractivity contribution in [3.63, 3.8) is 0 Å². The van der Waals surface area contributed by atoms with Crippen LogP contribution in [0.3, 0.4) is 0 Å². The van der Waals surface area contributed by atoms with Gasteiger partial charge in [0.15, 0.2) is 0 Å². The molecule has 0 unspecified atom stereocenters. The maximum Gasteiger partial charge on any atom is 0.410 e. The van der Waals surface area contributed by atoms with Crippen LogP contribution in [0.5, 0.6) is 0 Å². The van der Waals surface area contributed by atoms with E-state index < -0.39 is 0 Å².